The number of aryl methyl sites for hydroxylation is 1. The SMILES string of the molecule is CCOC(=O)c1[nH]c(C)c(-c2csc(Nc3ccccn3)n2)c1C. The van der Waals surface area contributed by atoms with Gasteiger partial charge in [0.25, 0.3) is 0 Å². The van der Waals surface area contributed by atoms with Gasteiger partial charge in [-0.15, -0.1) is 11.3 Å². The van der Waals surface area contributed by atoms with Crippen molar-refractivity contribution in [1.82, 2.24) is 15.0 Å². The first-order chi connectivity index (χ1) is 11.6. The zero-order valence-corrected chi connectivity index (χ0v) is 14.5. The maximum atomic E-state index is 12.0. The number of thiazole rings is 1. The number of pyridine rings is 1. The van der Waals surface area contributed by atoms with Crippen LogP contribution in [0.2, 0.25) is 0 Å². The molecule has 0 atom stereocenters. The number of nitrogens with zero attached hydrogens (tertiary/aromatic N) is 2. The van der Waals surface area contributed by atoms with Crippen LogP contribution in [0.4, 0.5) is 10.9 Å². The van der Waals surface area contributed by atoms with Crippen LogP contribution in [0.5, 0.6) is 0 Å². The van der Waals surface area contributed by atoms with Gasteiger partial charge in [-0.1, -0.05) is 6.07 Å². The van der Waals surface area contributed by atoms with E-state index in [1.54, 1.807) is 13.1 Å². The zero-order chi connectivity index (χ0) is 17.1. The first-order valence-electron chi connectivity index (χ1n) is 7.60. The van der Waals surface area contributed by atoms with E-state index in [1.165, 1.54) is 11.3 Å². The smallest absolute Gasteiger partial charge is 0.355 e. The number of rotatable bonds is 5. The molecule has 0 aliphatic carbocycles. The Hall–Kier alpha value is -2.67. The third-order valence-corrected chi connectivity index (χ3v) is 4.33. The average Bonchev–Trinajstić information content (AvgIpc) is 3.13. The van der Waals surface area contributed by atoms with Gasteiger partial charge in [-0.05, 0) is 38.5 Å². The number of ether oxygens (including phenoxy) is 1. The van der Waals surface area contributed by atoms with Gasteiger partial charge in [0.2, 0.25) is 0 Å². The van der Waals surface area contributed by atoms with Crippen molar-refractivity contribution in [2.24, 2.45) is 0 Å². The molecular formula is C17H18N4O2S. The molecule has 0 saturated carbocycles. The van der Waals surface area contributed by atoms with Crippen LogP contribution in [0.1, 0.15) is 28.7 Å². The molecule has 2 N–H and O–H groups in total. The largest absolute Gasteiger partial charge is 0.461 e. The molecule has 7 heteroatoms. The van der Waals surface area contributed by atoms with Crippen molar-refractivity contribution in [3.63, 3.8) is 0 Å². The summed E-state index contributed by atoms with van der Waals surface area (Å²) in [5, 5.41) is 5.89. The minimum Gasteiger partial charge on any atom is -0.461 e. The van der Waals surface area contributed by atoms with Crippen LogP contribution in [0.15, 0.2) is 29.8 Å². The number of carbonyl (C=O) groups is 1. The van der Waals surface area contributed by atoms with Gasteiger partial charge in [0, 0.05) is 22.8 Å². The fourth-order valence-corrected chi connectivity index (χ4v) is 3.24. The first kappa shape index (κ1) is 16.2. The van der Waals surface area contributed by atoms with Gasteiger partial charge in [0.05, 0.1) is 12.3 Å². The number of aromatic amines is 1. The number of carbonyl (C=O) groups excluding carboxylic acids is 1. The van der Waals surface area contributed by atoms with Crippen molar-refractivity contribution >= 4 is 28.3 Å². The second-order valence-corrected chi connectivity index (χ2v) is 6.08. The highest BCUT2D eigenvalue weighted by Gasteiger charge is 2.21. The van der Waals surface area contributed by atoms with E-state index in [-0.39, 0.29) is 5.97 Å². The molecule has 6 nitrogen and oxygen atoms in total. The van der Waals surface area contributed by atoms with Gasteiger partial charge in [0.15, 0.2) is 5.13 Å². The van der Waals surface area contributed by atoms with Crippen LogP contribution in [0.25, 0.3) is 11.3 Å². The summed E-state index contributed by atoms with van der Waals surface area (Å²) < 4.78 is 5.09. The third kappa shape index (κ3) is 3.16. The van der Waals surface area contributed by atoms with Crippen LogP contribution < -0.4 is 5.32 Å². The van der Waals surface area contributed by atoms with Crippen molar-refractivity contribution in [2.75, 3.05) is 11.9 Å². The highest BCUT2D eigenvalue weighted by atomic mass is 32.1. The fourth-order valence-electron chi connectivity index (χ4n) is 2.53. The van der Waals surface area contributed by atoms with Gasteiger partial charge in [-0.3, -0.25) is 0 Å². The van der Waals surface area contributed by atoms with Crippen LogP contribution in [-0.2, 0) is 4.74 Å². The van der Waals surface area contributed by atoms with Crippen molar-refractivity contribution < 1.29 is 9.53 Å². The Balaban J connectivity index is 1.89. The van der Waals surface area contributed by atoms with E-state index in [9.17, 15) is 4.79 Å². The molecule has 0 amide bonds. The van der Waals surface area contributed by atoms with Gasteiger partial charge in [0.1, 0.15) is 11.5 Å². The summed E-state index contributed by atoms with van der Waals surface area (Å²) in [6, 6.07) is 5.66. The molecule has 0 unspecified atom stereocenters. The normalized spacial score (nSPS) is 10.6. The predicted octanol–water partition coefficient (Wildman–Crippen LogP) is 4.07. The minimum absolute atomic E-state index is 0.341. The lowest BCUT2D eigenvalue weighted by Gasteiger charge is -2.01. The molecule has 24 heavy (non-hydrogen) atoms. The van der Waals surface area contributed by atoms with E-state index in [1.807, 2.05) is 37.4 Å². The molecule has 0 bridgehead atoms. The van der Waals surface area contributed by atoms with Crippen LogP contribution in [0, 0.1) is 13.8 Å². The van der Waals surface area contributed by atoms with Crippen molar-refractivity contribution in [3.05, 3.63) is 46.7 Å². The highest BCUT2D eigenvalue weighted by Crippen LogP contribution is 2.32. The standard InChI is InChI=1S/C17H18N4O2S/c1-4-23-16(22)15-10(2)14(11(3)19-15)12-9-24-17(20-12)21-13-7-5-6-8-18-13/h5-9,19H,4H2,1-3H3,(H,18,20,21). The number of H-pyrrole nitrogens is 1. The summed E-state index contributed by atoms with van der Waals surface area (Å²) in [4.78, 5) is 24.0. The second kappa shape index (κ2) is 6.84. The van der Waals surface area contributed by atoms with Crippen molar-refractivity contribution in [1.29, 1.82) is 0 Å². The number of esters is 1. The average molecular weight is 342 g/mol. The van der Waals surface area contributed by atoms with Gasteiger partial charge in [-0.2, -0.15) is 0 Å². The molecule has 0 spiro atoms. The Morgan fingerprint density at radius 1 is 1.38 bits per heavy atom. The lowest BCUT2D eigenvalue weighted by atomic mass is 10.1. The molecule has 0 saturated heterocycles. The minimum atomic E-state index is -0.341. The molecule has 0 aliphatic rings. The van der Waals surface area contributed by atoms with Crippen LogP contribution >= 0.6 is 11.3 Å². The summed E-state index contributed by atoms with van der Waals surface area (Å²) in [6.45, 7) is 5.97. The Bertz CT molecular complexity index is 855. The number of anilines is 2. The highest BCUT2D eigenvalue weighted by molar-refractivity contribution is 7.14. The summed E-state index contributed by atoms with van der Waals surface area (Å²) in [6.07, 6.45) is 1.73. The van der Waals surface area contributed by atoms with E-state index in [2.05, 4.69) is 20.3 Å². The Kier molecular flexibility index (Phi) is 4.61. The molecule has 3 aromatic heterocycles. The van der Waals surface area contributed by atoms with Gasteiger partial charge in [-0.25, -0.2) is 14.8 Å². The quantitative estimate of drug-likeness (QED) is 0.683. The van der Waals surface area contributed by atoms with Gasteiger partial charge >= 0.3 is 5.97 Å². The maximum Gasteiger partial charge on any atom is 0.355 e. The number of hydrogen-bond acceptors (Lipinski definition) is 6. The summed E-state index contributed by atoms with van der Waals surface area (Å²) in [7, 11) is 0. The number of nitrogens with one attached hydrogen (secondary N) is 2. The topological polar surface area (TPSA) is 79.9 Å². The van der Waals surface area contributed by atoms with E-state index in [0.29, 0.717) is 12.3 Å². The molecule has 0 aromatic carbocycles. The van der Waals surface area contributed by atoms with E-state index < -0.39 is 0 Å². The van der Waals surface area contributed by atoms with Gasteiger partial charge < -0.3 is 15.0 Å². The summed E-state index contributed by atoms with van der Waals surface area (Å²) >= 11 is 1.49. The molecule has 0 fully saturated rings. The van der Waals surface area contributed by atoms with Crippen molar-refractivity contribution in [2.45, 2.75) is 20.8 Å². The number of hydrogen-bond donors (Lipinski definition) is 2. The molecule has 3 rings (SSSR count). The Labute approximate surface area is 143 Å². The van der Waals surface area contributed by atoms with E-state index in [4.69, 9.17) is 4.74 Å². The summed E-state index contributed by atoms with van der Waals surface area (Å²) in [5.74, 6) is 0.402. The van der Waals surface area contributed by atoms with Crippen LogP contribution in [0.3, 0.4) is 0 Å². The lowest BCUT2D eigenvalue weighted by Crippen LogP contribution is -2.06. The van der Waals surface area contributed by atoms with Crippen molar-refractivity contribution in [3.8, 4) is 11.3 Å². The molecule has 124 valence electrons. The summed E-state index contributed by atoms with van der Waals surface area (Å²) in [5.41, 5.74) is 3.98. The zero-order valence-electron chi connectivity index (χ0n) is 13.7. The second-order valence-electron chi connectivity index (χ2n) is 5.22. The third-order valence-electron chi connectivity index (χ3n) is 3.58. The molecule has 0 radical (unpaired) electrons. The first-order valence-corrected chi connectivity index (χ1v) is 8.48. The molecule has 0 aliphatic heterocycles. The number of aromatic nitrogens is 3. The molecule has 3 aromatic rings. The van der Waals surface area contributed by atoms with E-state index >= 15 is 0 Å². The maximum absolute atomic E-state index is 12.0. The van der Waals surface area contributed by atoms with E-state index in [0.717, 1.165) is 33.5 Å². The monoisotopic (exact) mass is 342 g/mol. The van der Waals surface area contributed by atoms with Crippen LogP contribution in [-0.4, -0.2) is 27.5 Å². The Morgan fingerprint density at radius 2 is 2.21 bits per heavy atom. The fraction of sp³-hybridized carbons (Fsp3) is 0.235. The Morgan fingerprint density at radius 3 is 2.92 bits per heavy atom. The molecular weight excluding hydrogens is 324 g/mol. The lowest BCUT2D eigenvalue weighted by molar-refractivity contribution is 0.0519. The predicted molar refractivity (Wildman–Crippen MR) is 94.9 cm³/mol. The molecule has 3 heterocycles.